The fourth-order valence-corrected chi connectivity index (χ4v) is 4.34. The van der Waals surface area contributed by atoms with Gasteiger partial charge in [-0.1, -0.05) is 62.3 Å². The maximum Gasteiger partial charge on any atom is 0.187 e. The maximum absolute atomic E-state index is 12.3. The van der Waals surface area contributed by atoms with Crippen molar-refractivity contribution < 1.29 is 8.73 Å². The molecule has 2 heterocycles. The zero-order valence-corrected chi connectivity index (χ0v) is 19.9. The standard InChI is InChI=1S/C26H28N4O2S/c1-4-13-27-15-19-5-7-20(8-6-19)23-14-26(32-30-23)25-17-28-16-24(29-25)21-9-11-22(12-10-21)33(31)18(2)3/h5-12,14,16-18,27H,4,13,15H2,1-3H3. The number of hydrogen-bond donors (Lipinski definition) is 1. The minimum Gasteiger partial charge on any atom is -0.354 e. The Bertz CT molecular complexity index is 1220. The summed E-state index contributed by atoms with van der Waals surface area (Å²) in [7, 11) is -1.02. The van der Waals surface area contributed by atoms with E-state index < -0.39 is 10.8 Å². The highest BCUT2D eigenvalue weighted by Gasteiger charge is 2.13. The van der Waals surface area contributed by atoms with E-state index in [-0.39, 0.29) is 5.25 Å². The number of benzene rings is 2. The molecule has 7 heteroatoms. The number of nitrogens with one attached hydrogen (secondary N) is 1. The first-order valence-electron chi connectivity index (χ1n) is 11.2. The van der Waals surface area contributed by atoms with Crippen molar-refractivity contribution in [3.63, 3.8) is 0 Å². The van der Waals surface area contributed by atoms with Gasteiger partial charge in [0.05, 0.1) is 28.9 Å². The molecule has 2 aromatic carbocycles. The molecule has 4 aromatic rings. The average molecular weight is 461 g/mol. The molecule has 0 amide bonds. The molecule has 0 aliphatic carbocycles. The fraction of sp³-hybridized carbons (Fsp3) is 0.269. The molecule has 1 atom stereocenters. The van der Waals surface area contributed by atoms with Crippen LogP contribution >= 0.6 is 0 Å². The predicted octanol–water partition coefficient (Wildman–Crippen LogP) is 5.48. The van der Waals surface area contributed by atoms with Gasteiger partial charge in [-0.15, -0.1) is 0 Å². The Morgan fingerprint density at radius 2 is 1.61 bits per heavy atom. The summed E-state index contributed by atoms with van der Waals surface area (Å²) in [4.78, 5) is 9.85. The van der Waals surface area contributed by atoms with Crippen molar-refractivity contribution in [1.29, 1.82) is 0 Å². The smallest absolute Gasteiger partial charge is 0.187 e. The quantitative estimate of drug-likeness (QED) is 0.333. The number of aromatic nitrogens is 3. The van der Waals surface area contributed by atoms with Gasteiger partial charge in [0.25, 0.3) is 0 Å². The Kier molecular flexibility index (Phi) is 7.42. The third-order valence-electron chi connectivity index (χ3n) is 5.21. The molecule has 0 fully saturated rings. The molecule has 0 spiro atoms. The van der Waals surface area contributed by atoms with E-state index in [9.17, 15) is 4.21 Å². The minimum atomic E-state index is -1.02. The van der Waals surface area contributed by atoms with Crippen LogP contribution in [0.15, 0.2) is 76.4 Å². The topological polar surface area (TPSA) is 80.9 Å². The first-order chi connectivity index (χ1) is 16.0. The summed E-state index contributed by atoms with van der Waals surface area (Å²) in [5.41, 5.74) is 5.21. The Labute approximate surface area is 196 Å². The van der Waals surface area contributed by atoms with Crippen LogP contribution in [0.3, 0.4) is 0 Å². The van der Waals surface area contributed by atoms with E-state index in [4.69, 9.17) is 9.51 Å². The van der Waals surface area contributed by atoms with Crippen LogP contribution in [0.25, 0.3) is 34.0 Å². The lowest BCUT2D eigenvalue weighted by Crippen LogP contribution is -2.13. The molecular formula is C26H28N4O2S. The van der Waals surface area contributed by atoms with Crippen LogP contribution < -0.4 is 5.32 Å². The third-order valence-corrected chi connectivity index (χ3v) is 6.81. The summed E-state index contributed by atoms with van der Waals surface area (Å²) in [6.07, 6.45) is 4.49. The molecule has 6 nitrogen and oxygen atoms in total. The van der Waals surface area contributed by atoms with Gasteiger partial charge in [-0.2, -0.15) is 0 Å². The predicted molar refractivity (Wildman–Crippen MR) is 132 cm³/mol. The van der Waals surface area contributed by atoms with Crippen molar-refractivity contribution in [2.75, 3.05) is 6.54 Å². The van der Waals surface area contributed by atoms with E-state index in [1.54, 1.807) is 12.4 Å². The highest BCUT2D eigenvalue weighted by atomic mass is 32.2. The van der Waals surface area contributed by atoms with Crippen molar-refractivity contribution in [3.8, 4) is 34.0 Å². The molecule has 1 unspecified atom stereocenters. The normalized spacial score (nSPS) is 12.2. The lowest BCUT2D eigenvalue weighted by molar-refractivity contribution is 0.433. The van der Waals surface area contributed by atoms with Gasteiger partial charge in [0.15, 0.2) is 5.76 Å². The van der Waals surface area contributed by atoms with Crippen molar-refractivity contribution in [2.24, 2.45) is 0 Å². The van der Waals surface area contributed by atoms with Gasteiger partial charge in [-0.3, -0.25) is 9.19 Å². The summed E-state index contributed by atoms with van der Waals surface area (Å²) in [5.74, 6) is 0.561. The summed E-state index contributed by atoms with van der Waals surface area (Å²) in [6.45, 7) is 7.92. The molecule has 0 saturated heterocycles. The highest BCUT2D eigenvalue weighted by molar-refractivity contribution is 7.85. The second-order valence-electron chi connectivity index (χ2n) is 8.11. The number of nitrogens with zero attached hydrogens (tertiary/aromatic N) is 3. The van der Waals surface area contributed by atoms with Gasteiger partial charge < -0.3 is 9.84 Å². The fourth-order valence-electron chi connectivity index (χ4n) is 3.39. The highest BCUT2D eigenvalue weighted by Crippen LogP contribution is 2.27. The van der Waals surface area contributed by atoms with Crippen LogP contribution in [0.5, 0.6) is 0 Å². The lowest BCUT2D eigenvalue weighted by atomic mass is 10.1. The van der Waals surface area contributed by atoms with Crippen LogP contribution in [-0.2, 0) is 17.3 Å². The Morgan fingerprint density at radius 1 is 0.939 bits per heavy atom. The van der Waals surface area contributed by atoms with E-state index in [1.807, 2.05) is 44.2 Å². The Balaban J connectivity index is 1.51. The molecule has 2 aromatic heterocycles. The second-order valence-corrected chi connectivity index (χ2v) is 10.1. The van der Waals surface area contributed by atoms with Gasteiger partial charge in [-0.05, 0) is 30.7 Å². The van der Waals surface area contributed by atoms with E-state index in [0.29, 0.717) is 11.5 Å². The SMILES string of the molecule is CCCNCc1ccc(-c2cc(-c3cncc(-c4ccc(S(=O)C(C)C)cc4)n3)on2)cc1. The van der Waals surface area contributed by atoms with E-state index in [2.05, 4.69) is 46.6 Å². The summed E-state index contributed by atoms with van der Waals surface area (Å²) >= 11 is 0. The maximum atomic E-state index is 12.3. The molecule has 0 aliphatic rings. The largest absolute Gasteiger partial charge is 0.354 e. The van der Waals surface area contributed by atoms with Crippen LogP contribution in [-0.4, -0.2) is 31.1 Å². The second kappa shape index (κ2) is 10.6. The van der Waals surface area contributed by atoms with Crippen LogP contribution in [0, 0.1) is 0 Å². The molecule has 0 aliphatic heterocycles. The van der Waals surface area contributed by atoms with Crippen LogP contribution in [0.1, 0.15) is 32.8 Å². The van der Waals surface area contributed by atoms with Crippen molar-refractivity contribution in [1.82, 2.24) is 20.4 Å². The van der Waals surface area contributed by atoms with Gasteiger partial charge in [-0.25, -0.2) is 4.98 Å². The first kappa shape index (κ1) is 23.0. The molecule has 33 heavy (non-hydrogen) atoms. The van der Waals surface area contributed by atoms with Gasteiger partial charge >= 0.3 is 0 Å². The Morgan fingerprint density at radius 3 is 2.30 bits per heavy atom. The van der Waals surface area contributed by atoms with Crippen molar-refractivity contribution in [3.05, 3.63) is 72.6 Å². The number of rotatable bonds is 9. The van der Waals surface area contributed by atoms with E-state index in [1.165, 1.54) is 5.56 Å². The molecule has 1 N–H and O–H groups in total. The van der Waals surface area contributed by atoms with E-state index >= 15 is 0 Å². The molecule has 0 radical (unpaired) electrons. The Hall–Kier alpha value is -3.16. The third kappa shape index (κ3) is 5.61. The molecule has 4 rings (SSSR count). The zero-order valence-electron chi connectivity index (χ0n) is 19.1. The molecule has 0 bridgehead atoms. The summed E-state index contributed by atoms with van der Waals surface area (Å²) in [6, 6.07) is 17.8. The summed E-state index contributed by atoms with van der Waals surface area (Å²) in [5, 5.41) is 7.71. The van der Waals surface area contributed by atoms with Crippen molar-refractivity contribution >= 4 is 10.8 Å². The first-order valence-corrected chi connectivity index (χ1v) is 12.4. The minimum absolute atomic E-state index is 0.0774. The molecule has 0 saturated carbocycles. The zero-order chi connectivity index (χ0) is 23.2. The van der Waals surface area contributed by atoms with E-state index in [0.717, 1.165) is 46.9 Å². The van der Waals surface area contributed by atoms with Crippen molar-refractivity contribution in [2.45, 2.75) is 43.9 Å². The number of hydrogen-bond acceptors (Lipinski definition) is 6. The molecule has 170 valence electrons. The van der Waals surface area contributed by atoms with Gasteiger partial charge in [0, 0.05) is 33.9 Å². The van der Waals surface area contributed by atoms with Crippen LogP contribution in [0.2, 0.25) is 0 Å². The van der Waals surface area contributed by atoms with Crippen LogP contribution in [0.4, 0.5) is 0 Å². The van der Waals surface area contributed by atoms with Gasteiger partial charge in [0.1, 0.15) is 11.4 Å². The monoisotopic (exact) mass is 460 g/mol. The van der Waals surface area contributed by atoms with Gasteiger partial charge in [0.2, 0.25) is 0 Å². The lowest BCUT2D eigenvalue weighted by Gasteiger charge is -2.07. The molecular weight excluding hydrogens is 432 g/mol. The summed E-state index contributed by atoms with van der Waals surface area (Å²) < 4.78 is 17.9. The average Bonchev–Trinajstić information content (AvgIpc) is 3.35.